The van der Waals surface area contributed by atoms with Crippen LogP contribution in [0.15, 0.2) is 60.7 Å². The van der Waals surface area contributed by atoms with E-state index in [2.05, 4.69) is 0 Å². The molecule has 0 saturated carbocycles. The summed E-state index contributed by atoms with van der Waals surface area (Å²) in [6.07, 6.45) is -0.000469. The molecule has 4 nitrogen and oxygen atoms in total. The lowest BCUT2D eigenvalue weighted by atomic mass is 9.94. The molecule has 0 aliphatic heterocycles. The molecule has 0 aliphatic rings. The van der Waals surface area contributed by atoms with Gasteiger partial charge in [-0.15, -0.1) is 0 Å². The highest BCUT2D eigenvalue weighted by molar-refractivity contribution is 5.90. The van der Waals surface area contributed by atoms with Crippen LogP contribution in [-0.2, 0) is 9.47 Å². The molecule has 0 radical (unpaired) electrons. The van der Waals surface area contributed by atoms with Gasteiger partial charge in [0.25, 0.3) is 0 Å². The zero-order valence-electron chi connectivity index (χ0n) is 14.8. The van der Waals surface area contributed by atoms with Crippen molar-refractivity contribution in [1.82, 2.24) is 0 Å². The first kappa shape index (κ1) is 18.7. The van der Waals surface area contributed by atoms with Crippen molar-refractivity contribution in [1.29, 1.82) is 0 Å². The van der Waals surface area contributed by atoms with Crippen molar-refractivity contribution in [3.05, 3.63) is 71.8 Å². The first-order valence-electron chi connectivity index (χ1n) is 8.55. The zero-order chi connectivity index (χ0) is 18.2. The molecule has 1 unspecified atom stereocenters. The Bertz CT molecular complexity index is 622. The van der Waals surface area contributed by atoms with Crippen LogP contribution in [0.3, 0.4) is 0 Å². The van der Waals surface area contributed by atoms with Crippen LogP contribution < -0.4 is 0 Å². The third-order valence-corrected chi connectivity index (χ3v) is 4.28. The van der Waals surface area contributed by atoms with E-state index in [0.717, 1.165) is 6.42 Å². The number of rotatable bonds is 7. The lowest BCUT2D eigenvalue weighted by molar-refractivity contribution is -0.0232. The van der Waals surface area contributed by atoms with E-state index in [4.69, 9.17) is 9.47 Å². The van der Waals surface area contributed by atoms with Crippen molar-refractivity contribution in [3.63, 3.8) is 0 Å². The second-order valence-electron chi connectivity index (χ2n) is 6.03. The minimum atomic E-state index is -0.367. The van der Waals surface area contributed by atoms with Gasteiger partial charge in [-0.2, -0.15) is 0 Å². The van der Waals surface area contributed by atoms with E-state index in [1.165, 1.54) is 0 Å². The molecular weight excluding hydrogens is 316 g/mol. The average molecular weight is 340 g/mol. The summed E-state index contributed by atoms with van der Waals surface area (Å²) in [6.45, 7) is 5.66. The molecule has 132 valence electrons. The Balaban J connectivity index is 1.97. The normalized spacial score (nSPS) is 14.2. The predicted molar refractivity (Wildman–Crippen MR) is 96.4 cm³/mol. The summed E-state index contributed by atoms with van der Waals surface area (Å²) in [5.41, 5.74) is 1.02. The van der Waals surface area contributed by atoms with Crippen molar-refractivity contribution in [2.75, 3.05) is 0 Å². The van der Waals surface area contributed by atoms with Crippen LogP contribution in [0.1, 0.15) is 47.9 Å². The highest BCUT2D eigenvalue weighted by atomic mass is 16.6. The van der Waals surface area contributed by atoms with Crippen molar-refractivity contribution in [3.8, 4) is 0 Å². The molecular formula is C21H24O4. The van der Waals surface area contributed by atoms with Crippen LogP contribution in [0.25, 0.3) is 0 Å². The Kier molecular flexibility index (Phi) is 6.75. The number of carbonyl (C=O) groups excluding carboxylic acids is 2. The van der Waals surface area contributed by atoms with E-state index in [1.807, 2.05) is 32.9 Å². The Morgan fingerprint density at radius 2 is 1.12 bits per heavy atom. The molecule has 2 aromatic rings. The molecule has 0 spiro atoms. The molecule has 2 aromatic carbocycles. The van der Waals surface area contributed by atoms with E-state index in [0.29, 0.717) is 11.1 Å². The second-order valence-corrected chi connectivity index (χ2v) is 6.03. The van der Waals surface area contributed by atoms with Gasteiger partial charge in [-0.25, -0.2) is 9.59 Å². The molecule has 0 heterocycles. The first-order chi connectivity index (χ1) is 12.0. The summed E-state index contributed by atoms with van der Waals surface area (Å²) in [5.74, 6) is -0.818. The summed E-state index contributed by atoms with van der Waals surface area (Å²) in [4.78, 5) is 24.4. The van der Waals surface area contributed by atoms with E-state index >= 15 is 0 Å². The number of carbonyl (C=O) groups is 2. The molecule has 25 heavy (non-hydrogen) atoms. The standard InChI is InChI=1S/C21H24O4/c1-4-19(15(2)24-20(22)17-11-7-5-8-12-17)16(3)25-21(23)18-13-9-6-10-14-18/h5-16,19H,4H2,1-3H3/t15-,16+,19?. The monoisotopic (exact) mass is 340 g/mol. The molecule has 0 bridgehead atoms. The largest absolute Gasteiger partial charge is 0.459 e. The van der Waals surface area contributed by atoms with Gasteiger partial charge in [0, 0.05) is 5.92 Å². The molecule has 0 saturated heterocycles. The van der Waals surface area contributed by atoms with Gasteiger partial charge in [0.1, 0.15) is 12.2 Å². The van der Waals surface area contributed by atoms with Crippen molar-refractivity contribution >= 4 is 11.9 Å². The maximum absolute atomic E-state index is 12.2. The van der Waals surface area contributed by atoms with Crippen LogP contribution in [0, 0.1) is 5.92 Å². The van der Waals surface area contributed by atoms with Crippen LogP contribution in [0.4, 0.5) is 0 Å². The fraction of sp³-hybridized carbons (Fsp3) is 0.333. The van der Waals surface area contributed by atoms with E-state index in [-0.39, 0.29) is 30.1 Å². The third-order valence-electron chi connectivity index (χ3n) is 4.28. The smallest absolute Gasteiger partial charge is 0.338 e. The van der Waals surface area contributed by atoms with E-state index < -0.39 is 0 Å². The molecule has 3 atom stereocenters. The molecule has 4 heteroatoms. The molecule has 2 rings (SSSR count). The van der Waals surface area contributed by atoms with Gasteiger partial charge in [-0.1, -0.05) is 43.3 Å². The molecule has 0 amide bonds. The molecule has 0 N–H and O–H groups in total. The number of esters is 2. The average Bonchev–Trinajstić information content (AvgIpc) is 2.63. The fourth-order valence-corrected chi connectivity index (χ4v) is 2.84. The van der Waals surface area contributed by atoms with Gasteiger partial charge in [0.15, 0.2) is 0 Å². The van der Waals surface area contributed by atoms with E-state index in [1.54, 1.807) is 48.5 Å². The van der Waals surface area contributed by atoms with E-state index in [9.17, 15) is 9.59 Å². The van der Waals surface area contributed by atoms with Crippen LogP contribution in [-0.4, -0.2) is 24.1 Å². The second kappa shape index (κ2) is 9.02. The Hall–Kier alpha value is -2.62. The van der Waals surface area contributed by atoms with Crippen molar-refractivity contribution < 1.29 is 19.1 Å². The van der Waals surface area contributed by atoms with Gasteiger partial charge in [0.2, 0.25) is 0 Å². The SMILES string of the molecule is CCC([C@H](C)OC(=O)c1ccccc1)[C@@H](C)OC(=O)c1ccccc1. The molecule has 0 fully saturated rings. The van der Waals surface area contributed by atoms with Crippen LogP contribution >= 0.6 is 0 Å². The van der Waals surface area contributed by atoms with Crippen molar-refractivity contribution in [2.45, 2.75) is 39.4 Å². The molecule has 0 aromatic heterocycles. The summed E-state index contributed by atoms with van der Waals surface area (Å²) >= 11 is 0. The molecule has 0 aliphatic carbocycles. The van der Waals surface area contributed by atoms with Crippen LogP contribution in [0.5, 0.6) is 0 Å². The zero-order valence-corrected chi connectivity index (χ0v) is 14.8. The summed E-state index contributed by atoms with van der Waals surface area (Å²) in [6, 6.07) is 17.7. The lowest BCUT2D eigenvalue weighted by Crippen LogP contribution is -2.34. The van der Waals surface area contributed by atoms with Crippen molar-refractivity contribution in [2.24, 2.45) is 5.92 Å². The number of ether oxygens (including phenoxy) is 2. The lowest BCUT2D eigenvalue weighted by Gasteiger charge is -2.28. The quantitative estimate of drug-likeness (QED) is 0.696. The van der Waals surface area contributed by atoms with Gasteiger partial charge < -0.3 is 9.47 Å². The number of hydrogen-bond acceptors (Lipinski definition) is 4. The van der Waals surface area contributed by atoms with Gasteiger partial charge >= 0.3 is 11.9 Å². The minimum Gasteiger partial charge on any atom is -0.459 e. The minimum absolute atomic E-state index is 0.0830. The first-order valence-corrected chi connectivity index (χ1v) is 8.55. The highest BCUT2D eigenvalue weighted by Crippen LogP contribution is 2.21. The Labute approximate surface area is 148 Å². The van der Waals surface area contributed by atoms with Gasteiger partial charge in [0.05, 0.1) is 11.1 Å². The number of benzene rings is 2. The third kappa shape index (κ3) is 5.18. The maximum Gasteiger partial charge on any atom is 0.338 e. The fourth-order valence-electron chi connectivity index (χ4n) is 2.84. The highest BCUT2D eigenvalue weighted by Gasteiger charge is 2.28. The summed E-state index contributed by atoms with van der Waals surface area (Å²) in [7, 11) is 0. The number of hydrogen-bond donors (Lipinski definition) is 0. The maximum atomic E-state index is 12.2. The van der Waals surface area contributed by atoms with Gasteiger partial charge in [-0.3, -0.25) is 0 Å². The topological polar surface area (TPSA) is 52.6 Å². The van der Waals surface area contributed by atoms with Gasteiger partial charge in [-0.05, 0) is 44.5 Å². The Morgan fingerprint density at radius 3 is 1.44 bits per heavy atom. The summed E-state index contributed by atoms with van der Waals surface area (Å²) < 4.78 is 11.1. The predicted octanol–water partition coefficient (Wildman–Crippen LogP) is 4.50. The van der Waals surface area contributed by atoms with Crippen LogP contribution in [0.2, 0.25) is 0 Å². The Morgan fingerprint density at radius 1 is 0.760 bits per heavy atom. The summed E-state index contributed by atoms with van der Waals surface area (Å²) in [5, 5.41) is 0.